The summed E-state index contributed by atoms with van der Waals surface area (Å²) in [6, 6.07) is 12.6. The second-order valence-electron chi connectivity index (χ2n) is 9.32. The number of pyridine rings is 1. The number of nitrogens with zero attached hydrogens (tertiary/aromatic N) is 2. The van der Waals surface area contributed by atoms with Crippen molar-refractivity contribution in [3.63, 3.8) is 0 Å². The Morgan fingerprint density at radius 2 is 1.45 bits per heavy atom. The quantitative estimate of drug-likeness (QED) is 0.140. The van der Waals surface area contributed by atoms with Crippen LogP contribution in [0.1, 0.15) is 65.7 Å². The number of imidazole rings is 1. The van der Waals surface area contributed by atoms with E-state index in [9.17, 15) is 4.39 Å². The number of unbranched alkanes of at least 4 members (excludes halogenated alkanes) is 3. The van der Waals surface area contributed by atoms with Gasteiger partial charge in [0.15, 0.2) is 0 Å². The predicted octanol–water partition coefficient (Wildman–Crippen LogP) is 7.80. The van der Waals surface area contributed by atoms with Crippen LogP contribution in [0, 0.1) is 0 Å². The Morgan fingerprint density at radius 1 is 0.818 bits per heavy atom. The van der Waals surface area contributed by atoms with Crippen LogP contribution in [0.4, 0.5) is 4.39 Å². The van der Waals surface area contributed by atoms with Crippen LogP contribution < -0.4 is 8.32 Å². The normalized spacial score (nSPS) is 11.9. The van der Waals surface area contributed by atoms with Gasteiger partial charge in [-0.1, -0.05) is 0 Å². The van der Waals surface area contributed by atoms with Crippen molar-refractivity contribution in [3.8, 4) is 17.0 Å². The molecule has 0 aliphatic rings. The average Bonchev–Trinajstić information content (AvgIpc) is 3.28. The number of fused-ring (bicyclic) bond motifs is 1. The number of benzene rings is 1. The summed E-state index contributed by atoms with van der Waals surface area (Å²) in [5.41, 5.74) is 3.08. The van der Waals surface area contributed by atoms with E-state index in [0.29, 0.717) is 13.0 Å². The van der Waals surface area contributed by atoms with E-state index in [4.69, 9.17) is 9.72 Å². The van der Waals surface area contributed by atoms with E-state index in [0.717, 1.165) is 22.7 Å². The molecule has 0 unspecified atom stereocenters. The number of alkyl halides is 1. The second kappa shape index (κ2) is 13.4. The molecule has 2 aromatic heterocycles. The van der Waals surface area contributed by atoms with Gasteiger partial charge < -0.3 is 0 Å². The molecule has 0 N–H and O–H groups in total. The molecule has 0 amide bonds. The molecule has 0 aliphatic heterocycles. The van der Waals surface area contributed by atoms with Gasteiger partial charge in [0.2, 0.25) is 0 Å². The minimum absolute atomic E-state index is 0.345. The third-order valence-electron chi connectivity index (χ3n) is 6.79. The Morgan fingerprint density at radius 3 is 2.03 bits per heavy atom. The molecule has 0 bridgehead atoms. The topological polar surface area (TPSA) is 26.5 Å². The van der Waals surface area contributed by atoms with Crippen LogP contribution in [-0.2, 0) is 0 Å². The molecule has 5 heteroatoms. The van der Waals surface area contributed by atoms with Crippen molar-refractivity contribution in [1.82, 2.24) is 9.38 Å². The summed E-state index contributed by atoms with van der Waals surface area (Å²) in [5, 5.41) is 0. The van der Waals surface area contributed by atoms with E-state index in [1.54, 1.807) is 3.58 Å². The second-order valence-corrected chi connectivity index (χ2v) is 22.6. The number of halogens is 1. The molecular weight excluding hydrogens is 518 g/mol. The van der Waals surface area contributed by atoms with Crippen molar-refractivity contribution in [3.05, 3.63) is 48.8 Å². The number of hydrogen-bond acceptors (Lipinski definition) is 2. The first-order valence-corrected chi connectivity index (χ1v) is 20.4. The van der Waals surface area contributed by atoms with Crippen LogP contribution in [0.2, 0.25) is 13.3 Å². The van der Waals surface area contributed by atoms with Crippen molar-refractivity contribution in [1.29, 1.82) is 0 Å². The van der Waals surface area contributed by atoms with Crippen LogP contribution in [0.15, 0.2) is 48.8 Å². The fourth-order valence-electron chi connectivity index (χ4n) is 4.76. The molecule has 3 aromatic rings. The van der Waals surface area contributed by atoms with Gasteiger partial charge in [0.1, 0.15) is 0 Å². The van der Waals surface area contributed by atoms with Crippen LogP contribution in [0.3, 0.4) is 0 Å². The molecule has 0 saturated carbocycles. The summed E-state index contributed by atoms with van der Waals surface area (Å²) < 4.78 is 26.2. The third kappa shape index (κ3) is 6.97. The van der Waals surface area contributed by atoms with Crippen molar-refractivity contribution >= 4 is 27.6 Å². The Labute approximate surface area is 203 Å². The van der Waals surface area contributed by atoms with E-state index in [1.165, 1.54) is 51.8 Å². The van der Waals surface area contributed by atoms with E-state index in [-0.39, 0.29) is 6.67 Å². The molecule has 0 spiro atoms. The molecule has 1 aromatic carbocycles. The summed E-state index contributed by atoms with van der Waals surface area (Å²) in [4.78, 5) is 4.89. The molecule has 3 nitrogen and oxygen atoms in total. The van der Waals surface area contributed by atoms with Gasteiger partial charge in [-0.05, 0) is 0 Å². The zero-order valence-electron chi connectivity index (χ0n) is 20.8. The summed E-state index contributed by atoms with van der Waals surface area (Å²) >= 11 is -2.46. The fraction of sp³-hybridized carbons (Fsp3) is 0.536. The van der Waals surface area contributed by atoms with E-state index in [2.05, 4.69) is 49.7 Å². The van der Waals surface area contributed by atoms with E-state index >= 15 is 0 Å². The van der Waals surface area contributed by atoms with Gasteiger partial charge in [-0.15, -0.1) is 0 Å². The fourth-order valence-corrected chi connectivity index (χ4v) is 20.6. The van der Waals surface area contributed by atoms with Gasteiger partial charge in [0.25, 0.3) is 0 Å². The van der Waals surface area contributed by atoms with Crippen molar-refractivity contribution < 1.29 is 9.13 Å². The van der Waals surface area contributed by atoms with Crippen molar-refractivity contribution in [2.75, 3.05) is 13.3 Å². The Balaban J connectivity index is 1.88. The molecule has 0 aliphatic carbocycles. The summed E-state index contributed by atoms with van der Waals surface area (Å²) in [5.74, 6) is 0.778. The molecule has 2 heterocycles. The van der Waals surface area contributed by atoms with Gasteiger partial charge >= 0.3 is 193 Å². The van der Waals surface area contributed by atoms with Crippen LogP contribution in [0.5, 0.6) is 5.75 Å². The molecule has 180 valence electrons. The third-order valence-corrected chi connectivity index (χ3v) is 22.3. The van der Waals surface area contributed by atoms with Crippen LogP contribution in [0.25, 0.3) is 16.9 Å². The van der Waals surface area contributed by atoms with Gasteiger partial charge in [-0.2, -0.15) is 0 Å². The Kier molecular flexibility index (Phi) is 10.5. The average molecular weight is 559 g/mol. The first kappa shape index (κ1) is 26.1. The van der Waals surface area contributed by atoms with Crippen LogP contribution >= 0.6 is 0 Å². The first-order chi connectivity index (χ1) is 16.2. The van der Waals surface area contributed by atoms with Gasteiger partial charge in [-0.25, -0.2) is 0 Å². The molecule has 0 radical (unpaired) electrons. The monoisotopic (exact) mass is 560 g/mol. The van der Waals surface area contributed by atoms with Gasteiger partial charge in [0, 0.05) is 0 Å². The molecular formula is C28H41FN2OSn. The summed E-state index contributed by atoms with van der Waals surface area (Å²) in [6.45, 7) is 7.06. The molecule has 0 fully saturated rings. The number of aromatic nitrogens is 2. The SMILES string of the molecule is CCC[CH2][Sn]([CH2]CCC)([CH2]CCC)[c]1ccc2nc(-c3ccc(OCCCF)cc3)cn2c1. The Hall–Kier alpha value is -1.56. The number of ether oxygens (including phenoxy) is 1. The number of rotatable bonds is 15. The maximum atomic E-state index is 12.3. The Bertz CT molecular complexity index is 948. The molecule has 3 rings (SSSR count). The van der Waals surface area contributed by atoms with Gasteiger partial charge in [-0.3, -0.25) is 4.39 Å². The molecule has 0 saturated heterocycles. The maximum absolute atomic E-state index is 12.3. The zero-order chi connectivity index (χ0) is 23.5. The predicted molar refractivity (Wildman–Crippen MR) is 141 cm³/mol. The van der Waals surface area contributed by atoms with Crippen molar-refractivity contribution in [2.45, 2.75) is 79.0 Å². The van der Waals surface area contributed by atoms with E-state index in [1.807, 2.05) is 24.3 Å². The van der Waals surface area contributed by atoms with Crippen molar-refractivity contribution in [2.24, 2.45) is 0 Å². The summed E-state index contributed by atoms with van der Waals surface area (Å²) in [6.07, 6.45) is 13.0. The van der Waals surface area contributed by atoms with Crippen LogP contribution in [-0.4, -0.2) is 41.0 Å². The minimum atomic E-state index is -2.46. The molecule has 33 heavy (non-hydrogen) atoms. The van der Waals surface area contributed by atoms with E-state index < -0.39 is 18.4 Å². The standard InChI is InChI=1S/C16H14FN2O.3C4H9.Sn/c17-9-3-11-20-14-7-5-13(6-8-14)15-12-19-10-2-1-4-16(19)18-15;3*1-3-4-2;/h1,4-8,10,12H,3,9,11H2;3*1,3-4H2,2H3;. The van der Waals surface area contributed by atoms with Gasteiger partial charge in [0.05, 0.1) is 6.67 Å². The molecule has 0 atom stereocenters. The summed E-state index contributed by atoms with van der Waals surface area (Å²) in [7, 11) is 0. The zero-order valence-corrected chi connectivity index (χ0v) is 23.6. The number of hydrogen-bond donors (Lipinski definition) is 0. The first-order valence-electron chi connectivity index (χ1n) is 12.9.